The molecule has 0 N–H and O–H groups in total. The smallest absolute Gasteiger partial charge is 0.192 e. The largest absolute Gasteiger partial charge is 0.416 e. The van der Waals surface area contributed by atoms with E-state index >= 15 is 0 Å². The second-order valence-corrected chi connectivity index (χ2v) is 11.2. The molecule has 0 aliphatic carbocycles. The highest BCUT2D eigenvalue weighted by Crippen LogP contribution is 2.36. The van der Waals surface area contributed by atoms with Crippen molar-refractivity contribution in [2.24, 2.45) is 0 Å². The molecule has 0 aliphatic rings. The van der Waals surface area contributed by atoms with E-state index in [2.05, 4.69) is 57.8 Å². The molecule has 0 amide bonds. The Morgan fingerprint density at radius 3 is 2.40 bits per heavy atom. The molecule has 0 saturated carbocycles. The van der Waals surface area contributed by atoms with Gasteiger partial charge < -0.3 is 4.43 Å². The lowest BCUT2D eigenvalue weighted by Gasteiger charge is -2.35. The summed E-state index contributed by atoms with van der Waals surface area (Å²) >= 11 is 0. The Kier molecular flexibility index (Phi) is 6.26. The zero-order valence-electron chi connectivity index (χ0n) is 13.4. The third-order valence-corrected chi connectivity index (χ3v) is 8.30. The second kappa shape index (κ2) is 7.47. The summed E-state index contributed by atoms with van der Waals surface area (Å²) in [7, 11) is -1.61. The van der Waals surface area contributed by atoms with Crippen LogP contribution in [0.5, 0.6) is 0 Å². The van der Waals surface area contributed by atoms with Crippen LogP contribution in [0.4, 0.5) is 0 Å². The molecule has 0 aromatic heterocycles. The first-order valence-corrected chi connectivity index (χ1v) is 10.1. The molecule has 0 unspecified atom stereocenters. The molecule has 1 aromatic carbocycles. The normalized spacial score (nSPS) is 12.2. The van der Waals surface area contributed by atoms with Crippen LogP contribution in [0, 0.1) is 11.8 Å². The molecule has 0 radical (unpaired) electrons. The summed E-state index contributed by atoms with van der Waals surface area (Å²) in [5.41, 5.74) is 1.18. The molecule has 0 bridgehead atoms. The van der Waals surface area contributed by atoms with Crippen LogP contribution >= 0.6 is 0 Å². The zero-order valence-corrected chi connectivity index (χ0v) is 14.4. The highest BCUT2D eigenvalue weighted by Gasteiger charge is 2.36. The minimum absolute atomic E-state index is 0.271. The maximum atomic E-state index is 6.07. The van der Waals surface area contributed by atoms with Gasteiger partial charge in [0.25, 0.3) is 0 Å². The van der Waals surface area contributed by atoms with Gasteiger partial charge in [0.1, 0.15) is 0 Å². The Labute approximate surface area is 125 Å². The number of allylic oxidation sites excluding steroid dienone is 1. The fraction of sp³-hybridized carbons (Fsp3) is 0.444. The van der Waals surface area contributed by atoms with Crippen molar-refractivity contribution in [3.05, 3.63) is 42.0 Å². The van der Waals surface area contributed by atoms with E-state index in [4.69, 9.17) is 4.43 Å². The molecular weight excluding hydrogens is 260 g/mol. The SMILES string of the molecule is CC(C)(C)[Si](C)(C)OCCC#C/C=C/c1ccccc1. The van der Waals surface area contributed by atoms with E-state index in [9.17, 15) is 0 Å². The van der Waals surface area contributed by atoms with Crippen molar-refractivity contribution in [1.29, 1.82) is 0 Å². The van der Waals surface area contributed by atoms with Gasteiger partial charge in [0.2, 0.25) is 0 Å². The molecule has 0 atom stereocenters. The topological polar surface area (TPSA) is 9.23 Å². The van der Waals surface area contributed by atoms with E-state index in [1.165, 1.54) is 5.56 Å². The first-order valence-electron chi connectivity index (χ1n) is 7.17. The van der Waals surface area contributed by atoms with Crippen LogP contribution in [-0.4, -0.2) is 14.9 Å². The van der Waals surface area contributed by atoms with E-state index in [0.717, 1.165) is 13.0 Å². The van der Waals surface area contributed by atoms with E-state index in [-0.39, 0.29) is 5.04 Å². The summed E-state index contributed by atoms with van der Waals surface area (Å²) in [4.78, 5) is 0. The summed E-state index contributed by atoms with van der Waals surface area (Å²) in [6, 6.07) is 10.2. The maximum Gasteiger partial charge on any atom is 0.192 e. The standard InChI is InChI=1S/C18H26OSi/c1-18(2,3)20(4,5)19-16-12-7-6-9-13-17-14-10-8-11-15-17/h8-11,13-15H,12,16H2,1-5H3/b13-9+. The molecule has 0 spiro atoms. The summed E-state index contributed by atoms with van der Waals surface area (Å²) in [5, 5.41) is 0.271. The Morgan fingerprint density at radius 2 is 1.80 bits per heavy atom. The van der Waals surface area contributed by atoms with Crippen molar-refractivity contribution >= 4 is 14.4 Å². The van der Waals surface area contributed by atoms with Crippen LogP contribution < -0.4 is 0 Å². The van der Waals surface area contributed by atoms with Gasteiger partial charge in [0, 0.05) is 13.0 Å². The van der Waals surface area contributed by atoms with Crippen LogP contribution in [0.2, 0.25) is 18.1 Å². The molecule has 108 valence electrons. The van der Waals surface area contributed by atoms with Crippen LogP contribution in [0.3, 0.4) is 0 Å². The first kappa shape index (κ1) is 16.8. The van der Waals surface area contributed by atoms with Crippen molar-refractivity contribution < 1.29 is 4.43 Å². The predicted molar refractivity (Wildman–Crippen MR) is 91.0 cm³/mol. The highest BCUT2D eigenvalue weighted by molar-refractivity contribution is 6.74. The van der Waals surface area contributed by atoms with Crippen LogP contribution in [0.25, 0.3) is 6.08 Å². The van der Waals surface area contributed by atoms with Gasteiger partial charge in [-0.15, -0.1) is 0 Å². The van der Waals surface area contributed by atoms with Gasteiger partial charge in [-0.1, -0.05) is 62.9 Å². The van der Waals surface area contributed by atoms with Crippen molar-refractivity contribution in [2.45, 2.75) is 45.3 Å². The second-order valence-electron chi connectivity index (χ2n) is 6.42. The average molecular weight is 286 g/mol. The van der Waals surface area contributed by atoms with Gasteiger partial charge in [-0.05, 0) is 35.8 Å². The molecule has 0 fully saturated rings. The van der Waals surface area contributed by atoms with Gasteiger partial charge in [-0.3, -0.25) is 0 Å². The monoisotopic (exact) mass is 286 g/mol. The lowest BCUT2D eigenvalue weighted by Crippen LogP contribution is -2.40. The van der Waals surface area contributed by atoms with Crippen molar-refractivity contribution in [3.8, 4) is 11.8 Å². The number of hydrogen-bond acceptors (Lipinski definition) is 1. The third-order valence-electron chi connectivity index (χ3n) is 3.76. The molecule has 1 rings (SSSR count). The van der Waals surface area contributed by atoms with E-state index in [1.807, 2.05) is 30.4 Å². The minimum Gasteiger partial charge on any atom is -0.416 e. The summed E-state index contributed by atoms with van der Waals surface area (Å²) in [6.07, 6.45) is 4.73. The summed E-state index contributed by atoms with van der Waals surface area (Å²) in [5.74, 6) is 6.20. The van der Waals surface area contributed by atoms with Crippen LogP contribution in [0.15, 0.2) is 36.4 Å². The average Bonchev–Trinajstić information content (AvgIpc) is 2.37. The van der Waals surface area contributed by atoms with Gasteiger partial charge >= 0.3 is 0 Å². The number of hydrogen-bond donors (Lipinski definition) is 0. The molecule has 0 heterocycles. The molecule has 2 heteroatoms. The fourth-order valence-electron chi connectivity index (χ4n) is 1.41. The molecular formula is C18H26OSi. The van der Waals surface area contributed by atoms with Crippen molar-refractivity contribution in [3.63, 3.8) is 0 Å². The zero-order chi connectivity index (χ0) is 15.1. The van der Waals surface area contributed by atoms with E-state index in [0.29, 0.717) is 0 Å². The quantitative estimate of drug-likeness (QED) is 0.424. The molecule has 0 aliphatic heterocycles. The van der Waals surface area contributed by atoms with E-state index in [1.54, 1.807) is 0 Å². The van der Waals surface area contributed by atoms with Crippen molar-refractivity contribution in [1.82, 2.24) is 0 Å². The minimum atomic E-state index is -1.61. The van der Waals surface area contributed by atoms with Gasteiger partial charge in [-0.2, -0.15) is 0 Å². The maximum absolute atomic E-state index is 6.07. The van der Waals surface area contributed by atoms with Crippen molar-refractivity contribution in [2.75, 3.05) is 6.61 Å². The molecule has 1 aromatic rings. The van der Waals surface area contributed by atoms with E-state index < -0.39 is 8.32 Å². The number of benzene rings is 1. The summed E-state index contributed by atoms with van der Waals surface area (Å²) in [6.45, 7) is 12.1. The summed E-state index contributed by atoms with van der Waals surface area (Å²) < 4.78 is 6.07. The predicted octanol–water partition coefficient (Wildman–Crippen LogP) is 5.12. The Balaban J connectivity index is 2.33. The molecule has 1 nitrogen and oxygen atoms in total. The third kappa shape index (κ3) is 5.77. The number of rotatable bonds is 4. The lowest BCUT2D eigenvalue weighted by atomic mass is 10.2. The Hall–Kier alpha value is -1.30. The first-order chi connectivity index (χ1) is 9.33. The Bertz CT molecular complexity index is 484. The fourth-order valence-corrected chi connectivity index (χ4v) is 2.45. The Morgan fingerprint density at radius 1 is 1.15 bits per heavy atom. The molecule has 20 heavy (non-hydrogen) atoms. The lowest BCUT2D eigenvalue weighted by molar-refractivity contribution is 0.296. The van der Waals surface area contributed by atoms with Gasteiger partial charge in [-0.25, -0.2) is 0 Å². The van der Waals surface area contributed by atoms with Gasteiger partial charge in [0.15, 0.2) is 8.32 Å². The highest BCUT2D eigenvalue weighted by atomic mass is 28.4. The van der Waals surface area contributed by atoms with Crippen LogP contribution in [0.1, 0.15) is 32.8 Å². The van der Waals surface area contributed by atoms with Gasteiger partial charge in [0.05, 0.1) is 0 Å². The van der Waals surface area contributed by atoms with Crippen LogP contribution in [-0.2, 0) is 4.43 Å². The molecule has 0 saturated heterocycles.